The second kappa shape index (κ2) is 3.67. The first-order valence-corrected chi connectivity index (χ1v) is 5.69. The smallest absolute Gasteiger partial charge is 0.348 e. The standard InChI is InChI=1S/C11H11NO2S/c1-14-10(13)9-8(3-6-15-9)11(7-12)4-2-5-11/h3,6H,2,4-5H2,1H3. The van der Waals surface area contributed by atoms with Crippen molar-refractivity contribution in [3.05, 3.63) is 21.9 Å². The average molecular weight is 221 g/mol. The van der Waals surface area contributed by atoms with Crippen molar-refractivity contribution in [1.29, 1.82) is 5.26 Å². The van der Waals surface area contributed by atoms with E-state index in [1.807, 2.05) is 11.4 Å². The van der Waals surface area contributed by atoms with E-state index in [-0.39, 0.29) is 5.97 Å². The van der Waals surface area contributed by atoms with Crippen LogP contribution in [0.5, 0.6) is 0 Å². The normalized spacial score (nSPS) is 17.6. The van der Waals surface area contributed by atoms with E-state index in [0.29, 0.717) is 4.88 Å². The Bertz CT molecular complexity index is 426. The highest BCUT2D eigenvalue weighted by Crippen LogP contribution is 2.45. The molecule has 0 unspecified atom stereocenters. The van der Waals surface area contributed by atoms with Crippen LogP contribution in [-0.4, -0.2) is 13.1 Å². The van der Waals surface area contributed by atoms with E-state index in [1.165, 1.54) is 18.4 Å². The van der Waals surface area contributed by atoms with Gasteiger partial charge in [-0.15, -0.1) is 11.3 Å². The molecule has 0 radical (unpaired) electrons. The van der Waals surface area contributed by atoms with Gasteiger partial charge in [-0.05, 0) is 36.3 Å². The van der Waals surface area contributed by atoms with Crippen LogP contribution in [0.15, 0.2) is 11.4 Å². The molecule has 15 heavy (non-hydrogen) atoms. The summed E-state index contributed by atoms with van der Waals surface area (Å²) in [5, 5.41) is 11.0. The second-order valence-corrected chi connectivity index (χ2v) is 4.62. The van der Waals surface area contributed by atoms with Gasteiger partial charge in [-0.1, -0.05) is 0 Å². The van der Waals surface area contributed by atoms with Gasteiger partial charge in [0.2, 0.25) is 0 Å². The Balaban J connectivity index is 2.41. The molecule has 0 bridgehead atoms. The van der Waals surface area contributed by atoms with Gasteiger partial charge in [0, 0.05) is 0 Å². The Hall–Kier alpha value is -1.34. The lowest BCUT2D eigenvalue weighted by atomic mass is 9.65. The van der Waals surface area contributed by atoms with Gasteiger partial charge in [0.1, 0.15) is 4.88 Å². The maximum Gasteiger partial charge on any atom is 0.348 e. The van der Waals surface area contributed by atoms with Crippen LogP contribution < -0.4 is 0 Å². The lowest BCUT2D eigenvalue weighted by Crippen LogP contribution is -2.33. The fourth-order valence-corrected chi connectivity index (χ4v) is 2.82. The molecule has 1 aromatic rings. The average Bonchev–Trinajstić information content (AvgIpc) is 2.65. The molecule has 1 heterocycles. The number of hydrogen-bond donors (Lipinski definition) is 0. The van der Waals surface area contributed by atoms with Crippen molar-refractivity contribution >= 4 is 17.3 Å². The summed E-state index contributed by atoms with van der Waals surface area (Å²) >= 11 is 1.35. The number of carbonyl (C=O) groups is 1. The van der Waals surface area contributed by atoms with E-state index >= 15 is 0 Å². The number of esters is 1. The van der Waals surface area contributed by atoms with Gasteiger partial charge in [0.05, 0.1) is 18.6 Å². The predicted octanol–water partition coefficient (Wildman–Crippen LogP) is 2.48. The summed E-state index contributed by atoms with van der Waals surface area (Å²) in [6.45, 7) is 0. The molecule has 1 aliphatic carbocycles. The van der Waals surface area contributed by atoms with E-state index < -0.39 is 5.41 Å². The van der Waals surface area contributed by atoms with Gasteiger partial charge in [-0.2, -0.15) is 5.26 Å². The van der Waals surface area contributed by atoms with E-state index in [0.717, 1.165) is 24.8 Å². The van der Waals surface area contributed by atoms with Crippen molar-refractivity contribution in [3.8, 4) is 6.07 Å². The number of nitrogens with zero attached hydrogens (tertiary/aromatic N) is 1. The number of methoxy groups -OCH3 is 1. The number of ether oxygens (including phenoxy) is 1. The Morgan fingerprint density at radius 1 is 1.67 bits per heavy atom. The third-order valence-electron chi connectivity index (χ3n) is 2.97. The number of thiophene rings is 1. The highest BCUT2D eigenvalue weighted by Gasteiger charge is 2.42. The fourth-order valence-electron chi connectivity index (χ4n) is 1.91. The summed E-state index contributed by atoms with van der Waals surface area (Å²) in [6, 6.07) is 4.21. The molecular formula is C11H11NO2S. The second-order valence-electron chi connectivity index (χ2n) is 3.70. The SMILES string of the molecule is COC(=O)c1sccc1C1(C#N)CCC1. The lowest BCUT2D eigenvalue weighted by Gasteiger charge is -2.35. The van der Waals surface area contributed by atoms with Gasteiger partial charge in [0.15, 0.2) is 0 Å². The Kier molecular flexibility index (Phi) is 2.49. The zero-order chi connectivity index (χ0) is 10.9. The molecular weight excluding hydrogens is 210 g/mol. The highest BCUT2D eigenvalue weighted by molar-refractivity contribution is 7.12. The van der Waals surface area contributed by atoms with Gasteiger partial charge in [-0.3, -0.25) is 0 Å². The molecule has 3 nitrogen and oxygen atoms in total. The van der Waals surface area contributed by atoms with Gasteiger partial charge < -0.3 is 4.74 Å². The molecule has 1 fully saturated rings. The number of rotatable bonds is 2. The number of hydrogen-bond acceptors (Lipinski definition) is 4. The third kappa shape index (κ3) is 1.44. The molecule has 0 saturated heterocycles. The van der Waals surface area contributed by atoms with Gasteiger partial charge >= 0.3 is 5.97 Å². The fraction of sp³-hybridized carbons (Fsp3) is 0.455. The maximum atomic E-state index is 11.5. The van der Waals surface area contributed by atoms with Gasteiger partial charge in [0.25, 0.3) is 0 Å². The topological polar surface area (TPSA) is 50.1 Å². The molecule has 0 spiro atoms. The van der Waals surface area contributed by atoms with Crippen molar-refractivity contribution in [2.75, 3.05) is 7.11 Å². The summed E-state index contributed by atoms with van der Waals surface area (Å²) in [5.74, 6) is -0.332. The molecule has 1 aliphatic rings. The first-order chi connectivity index (χ1) is 7.23. The molecule has 2 rings (SSSR count). The summed E-state index contributed by atoms with van der Waals surface area (Å²) in [6.07, 6.45) is 2.76. The zero-order valence-electron chi connectivity index (χ0n) is 8.45. The molecule has 0 N–H and O–H groups in total. The minimum atomic E-state index is -0.427. The summed E-state index contributed by atoms with van der Waals surface area (Å²) < 4.78 is 4.71. The van der Waals surface area contributed by atoms with E-state index in [1.54, 1.807) is 0 Å². The van der Waals surface area contributed by atoms with Crippen molar-refractivity contribution < 1.29 is 9.53 Å². The van der Waals surface area contributed by atoms with Crippen LogP contribution in [0.25, 0.3) is 0 Å². The van der Waals surface area contributed by atoms with Crippen molar-refractivity contribution in [1.82, 2.24) is 0 Å². The monoisotopic (exact) mass is 221 g/mol. The summed E-state index contributed by atoms with van der Waals surface area (Å²) in [5.41, 5.74) is 0.428. The molecule has 78 valence electrons. The van der Waals surface area contributed by atoms with Crippen LogP contribution in [0, 0.1) is 11.3 Å². The summed E-state index contributed by atoms with van der Waals surface area (Å²) in [7, 11) is 1.37. The predicted molar refractivity (Wildman–Crippen MR) is 56.8 cm³/mol. The van der Waals surface area contributed by atoms with Crippen LogP contribution in [-0.2, 0) is 10.2 Å². The van der Waals surface area contributed by atoms with Crippen LogP contribution in [0.3, 0.4) is 0 Å². The highest BCUT2D eigenvalue weighted by atomic mass is 32.1. The Morgan fingerprint density at radius 2 is 2.40 bits per heavy atom. The largest absolute Gasteiger partial charge is 0.465 e. The van der Waals surface area contributed by atoms with Crippen molar-refractivity contribution in [2.24, 2.45) is 0 Å². The van der Waals surface area contributed by atoms with Gasteiger partial charge in [-0.25, -0.2) is 4.79 Å². The van der Waals surface area contributed by atoms with Crippen LogP contribution in [0.2, 0.25) is 0 Å². The quantitative estimate of drug-likeness (QED) is 0.721. The molecule has 1 saturated carbocycles. The first kappa shape index (κ1) is 10.2. The molecule has 0 aliphatic heterocycles. The van der Waals surface area contributed by atoms with Crippen molar-refractivity contribution in [2.45, 2.75) is 24.7 Å². The first-order valence-electron chi connectivity index (χ1n) is 4.81. The number of nitriles is 1. The number of carbonyl (C=O) groups excluding carboxylic acids is 1. The van der Waals surface area contributed by atoms with Crippen LogP contribution in [0.1, 0.15) is 34.5 Å². The maximum absolute atomic E-state index is 11.5. The molecule has 4 heteroatoms. The molecule has 0 amide bonds. The Morgan fingerprint density at radius 3 is 2.87 bits per heavy atom. The van der Waals surface area contributed by atoms with Crippen LogP contribution in [0.4, 0.5) is 0 Å². The van der Waals surface area contributed by atoms with Crippen LogP contribution >= 0.6 is 11.3 Å². The lowest BCUT2D eigenvalue weighted by molar-refractivity contribution is 0.0602. The molecule has 0 aromatic carbocycles. The van der Waals surface area contributed by atoms with Crippen molar-refractivity contribution in [3.63, 3.8) is 0 Å². The Labute approximate surface area is 92.3 Å². The van der Waals surface area contributed by atoms with E-state index in [9.17, 15) is 10.1 Å². The summed E-state index contributed by atoms with van der Waals surface area (Å²) in [4.78, 5) is 12.1. The minimum absolute atomic E-state index is 0.332. The third-order valence-corrected chi connectivity index (χ3v) is 3.87. The van der Waals surface area contributed by atoms with E-state index in [2.05, 4.69) is 6.07 Å². The minimum Gasteiger partial charge on any atom is -0.465 e. The molecule has 0 atom stereocenters. The van der Waals surface area contributed by atoms with E-state index in [4.69, 9.17) is 4.74 Å². The zero-order valence-corrected chi connectivity index (χ0v) is 9.26. The molecule has 1 aromatic heterocycles.